The Balaban J connectivity index is 2.31. The summed E-state index contributed by atoms with van der Waals surface area (Å²) in [4.78, 5) is 10.7. The van der Waals surface area contributed by atoms with Crippen LogP contribution in [0.25, 0.3) is 0 Å². The molecule has 4 heteroatoms. The molecule has 0 heterocycles. The fraction of sp³-hybridized carbons (Fsp3) is 0.462. The highest BCUT2D eigenvalue weighted by atomic mass is 79.9. The van der Waals surface area contributed by atoms with Crippen LogP contribution in [0.2, 0.25) is 0 Å². The number of carbonyl (C=O) groups is 1. The number of rotatable bonds is 7. The monoisotopic (exact) mass is 299 g/mol. The van der Waals surface area contributed by atoms with Crippen molar-refractivity contribution in [2.75, 3.05) is 11.9 Å². The molecule has 0 aliphatic rings. The first kappa shape index (κ1) is 14.0. The number of halogens is 1. The van der Waals surface area contributed by atoms with E-state index in [0.717, 1.165) is 36.1 Å². The van der Waals surface area contributed by atoms with E-state index in [1.54, 1.807) is 0 Å². The summed E-state index contributed by atoms with van der Waals surface area (Å²) in [6.07, 6.45) is 2.18. The van der Waals surface area contributed by atoms with Gasteiger partial charge in [0, 0.05) is 18.8 Å². The molecule has 3 nitrogen and oxygen atoms in total. The van der Waals surface area contributed by atoms with Crippen molar-refractivity contribution in [1.82, 2.24) is 5.32 Å². The number of carbonyl (C=O) groups excluding carboxylic acids is 1. The van der Waals surface area contributed by atoms with Gasteiger partial charge in [-0.25, -0.2) is 0 Å². The zero-order chi connectivity index (χ0) is 12.5. The smallest absolute Gasteiger partial charge is 0.217 e. The van der Waals surface area contributed by atoms with Gasteiger partial charge < -0.3 is 10.1 Å². The van der Waals surface area contributed by atoms with Crippen LogP contribution in [0.5, 0.6) is 5.75 Å². The van der Waals surface area contributed by atoms with Gasteiger partial charge in [0.15, 0.2) is 0 Å². The van der Waals surface area contributed by atoms with Crippen LogP contribution >= 0.6 is 15.9 Å². The molecule has 0 saturated carbocycles. The van der Waals surface area contributed by atoms with E-state index in [-0.39, 0.29) is 5.91 Å². The molecule has 0 saturated heterocycles. The molecule has 0 unspecified atom stereocenters. The predicted molar refractivity (Wildman–Crippen MR) is 72.5 cm³/mol. The Morgan fingerprint density at radius 3 is 2.59 bits per heavy atom. The van der Waals surface area contributed by atoms with Crippen LogP contribution in [0.3, 0.4) is 0 Å². The summed E-state index contributed by atoms with van der Waals surface area (Å²) in [5.41, 5.74) is 1.08. The third-order valence-electron chi connectivity index (χ3n) is 2.26. The zero-order valence-electron chi connectivity index (χ0n) is 10.0. The van der Waals surface area contributed by atoms with E-state index in [9.17, 15) is 4.79 Å². The molecule has 1 rings (SSSR count). The standard InChI is InChI=1S/C13H18BrNO2/c1-11(16)15-10-12-4-6-13(7-5-12)17-9-3-2-8-14/h4-7H,2-3,8-10H2,1H3,(H,15,16). The maximum atomic E-state index is 10.7. The van der Waals surface area contributed by atoms with E-state index in [2.05, 4.69) is 21.2 Å². The largest absolute Gasteiger partial charge is 0.494 e. The molecule has 1 amide bonds. The van der Waals surface area contributed by atoms with Crippen molar-refractivity contribution in [3.63, 3.8) is 0 Å². The molecule has 17 heavy (non-hydrogen) atoms. The molecule has 1 aromatic rings. The molecule has 94 valence electrons. The minimum Gasteiger partial charge on any atom is -0.494 e. The summed E-state index contributed by atoms with van der Waals surface area (Å²) in [5.74, 6) is 0.867. The third kappa shape index (κ3) is 6.31. The van der Waals surface area contributed by atoms with Crippen molar-refractivity contribution in [2.45, 2.75) is 26.3 Å². The van der Waals surface area contributed by atoms with Crippen LogP contribution in [-0.4, -0.2) is 17.8 Å². The van der Waals surface area contributed by atoms with E-state index in [1.807, 2.05) is 24.3 Å². The van der Waals surface area contributed by atoms with Crippen molar-refractivity contribution < 1.29 is 9.53 Å². The summed E-state index contributed by atoms with van der Waals surface area (Å²) in [6.45, 7) is 2.83. The van der Waals surface area contributed by atoms with Gasteiger partial charge in [-0.1, -0.05) is 28.1 Å². The molecule has 0 atom stereocenters. The fourth-order valence-electron chi connectivity index (χ4n) is 1.32. The third-order valence-corrected chi connectivity index (χ3v) is 2.82. The van der Waals surface area contributed by atoms with Gasteiger partial charge in [-0.05, 0) is 30.5 Å². The van der Waals surface area contributed by atoms with E-state index in [1.165, 1.54) is 6.92 Å². The average Bonchev–Trinajstić information content (AvgIpc) is 2.33. The maximum absolute atomic E-state index is 10.7. The number of alkyl halides is 1. The van der Waals surface area contributed by atoms with Gasteiger partial charge in [0.1, 0.15) is 5.75 Å². The Hall–Kier alpha value is -1.03. The number of ether oxygens (including phenoxy) is 1. The molecule has 0 aliphatic heterocycles. The summed E-state index contributed by atoms with van der Waals surface area (Å²) in [6, 6.07) is 7.81. The molecule has 0 fully saturated rings. The van der Waals surface area contributed by atoms with Gasteiger partial charge in [0.05, 0.1) is 6.61 Å². The number of nitrogens with one attached hydrogen (secondary N) is 1. The minimum atomic E-state index is -0.0138. The van der Waals surface area contributed by atoms with Crippen molar-refractivity contribution in [2.24, 2.45) is 0 Å². The second-order valence-corrected chi connectivity index (χ2v) is 4.59. The number of hydrogen-bond donors (Lipinski definition) is 1. The molecule has 1 N–H and O–H groups in total. The normalized spacial score (nSPS) is 10.0. The van der Waals surface area contributed by atoms with E-state index in [4.69, 9.17) is 4.74 Å². The first-order valence-corrected chi connectivity index (χ1v) is 6.86. The van der Waals surface area contributed by atoms with Crippen LogP contribution in [0, 0.1) is 0 Å². The van der Waals surface area contributed by atoms with Gasteiger partial charge in [-0.3, -0.25) is 4.79 Å². The summed E-state index contributed by atoms with van der Waals surface area (Å²) in [7, 11) is 0. The minimum absolute atomic E-state index is 0.0138. The van der Waals surface area contributed by atoms with Gasteiger partial charge in [-0.15, -0.1) is 0 Å². The molecule has 0 bridgehead atoms. The van der Waals surface area contributed by atoms with Gasteiger partial charge >= 0.3 is 0 Å². The first-order valence-electron chi connectivity index (χ1n) is 5.74. The van der Waals surface area contributed by atoms with Gasteiger partial charge in [0.2, 0.25) is 5.91 Å². The maximum Gasteiger partial charge on any atom is 0.217 e. The fourth-order valence-corrected chi connectivity index (χ4v) is 1.71. The SMILES string of the molecule is CC(=O)NCc1ccc(OCCCCBr)cc1. The highest BCUT2D eigenvalue weighted by molar-refractivity contribution is 9.09. The quantitative estimate of drug-likeness (QED) is 0.621. The summed E-state index contributed by atoms with van der Waals surface area (Å²) in [5, 5.41) is 3.78. The molecule has 0 radical (unpaired) electrons. The molecular weight excluding hydrogens is 282 g/mol. The molecule has 0 aromatic heterocycles. The second kappa shape index (κ2) is 8.12. The van der Waals surface area contributed by atoms with Crippen LogP contribution in [0.1, 0.15) is 25.3 Å². The Morgan fingerprint density at radius 1 is 1.29 bits per heavy atom. The summed E-state index contributed by atoms with van der Waals surface area (Å²) >= 11 is 3.38. The summed E-state index contributed by atoms with van der Waals surface area (Å²) < 4.78 is 5.58. The Kier molecular flexibility index (Phi) is 6.70. The first-order chi connectivity index (χ1) is 8.22. The van der Waals surface area contributed by atoms with Crippen LogP contribution in [0.4, 0.5) is 0 Å². The molecule has 0 aliphatic carbocycles. The lowest BCUT2D eigenvalue weighted by molar-refractivity contribution is -0.119. The second-order valence-electron chi connectivity index (χ2n) is 3.80. The van der Waals surface area contributed by atoms with Crippen molar-refractivity contribution >= 4 is 21.8 Å². The molecule has 1 aromatic carbocycles. The van der Waals surface area contributed by atoms with Crippen LogP contribution in [-0.2, 0) is 11.3 Å². The van der Waals surface area contributed by atoms with Crippen molar-refractivity contribution in [1.29, 1.82) is 0 Å². The number of unbranched alkanes of at least 4 members (excludes halogenated alkanes) is 1. The van der Waals surface area contributed by atoms with E-state index >= 15 is 0 Å². The van der Waals surface area contributed by atoms with Crippen LogP contribution < -0.4 is 10.1 Å². The zero-order valence-corrected chi connectivity index (χ0v) is 11.6. The lowest BCUT2D eigenvalue weighted by Crippen LogP contribution is -2.18. The predicted octanol–water partition coefficient (Wildman–Crippen LogP) is 2.88. The number of hydrogen-bond acceptors (Lipinski definition) is 2. The topological polar surface area (TPSA) is 38.3 Å². The molecular formula is C13H18BrNO2. The van der Waals surface area contributed by atoms with Crippen LogP contribution in [0.15, 0.2) is 24.3 Å². The Labute approximate surface area is 111 Å². The Morgan fingerprint density at radius 2 is 2.00 bits per heavy atom. The highest BCUT2D eigenvalue weighted by Gasteiger charge is 1.97. The lowest BCUT2D eigenvalue weighted by Gasteiger charge is -2.07. The Bertz CT molecular complexity index is 338. The number of benzene rings is 1. The van der Waals surface area contributed by atoms with Crippen molar-refractivity contribution in [3.05, 3.63) is 29.8 Å². The highest BCUT2D eigenvalue weighted by Crippen LogP contribution is 2.12. The lowest BCUT2D eigenvalue weighted by atomic mass is 10.2. The van der Waals surface area contributed by atoms with E-state index in [0.29, 0.717) is 6.54 Å². The van der Waals surface area contributed by atoms with E-state index < -0.39 is 0 Å². The average molecular weight is 300 g/mol. The van der Waals surface area contributed by atoms with Crippen molar-refractivity contribution in [3.8, 4) is 5.75 Å². The van der Waals surface area contributed by atoms with Gasteiger partial charge in [-0.2, -0.15) is 0 Å². The van der Waals surface area contributed by atoms with Gasteiger partial charge in [0.25, 0.3) is 0 Å². The molecule has 0 spiro atoms. The number of amides is 1.